The van der Waals surface area contributed by atoms with Gasteiger partial charge < -0.3 is 15.4 Å². The van der Waals surface area contributed by atoms with Gasteiger partial charge >= 0.3 is 0 Å². The Labute approximate surface area is 123 Å². The average Bonchev–Trinajstić information content (AvgIpc) is 2.47. The van der Waals surface area contributed by atoms with Crippen LogP contribution in [0.4, 0.5) is 0 Å². The van der Waals surface area contributed by atoms with E-state index in [4.69, 9.17) is 10.5 Å². The van der Waals surface area contributed by atoms with Gasteiger partial charge in [-0.1, -0.05) is 19.1 Å². The second kappa shape index (κ2) is 7.09. The molecule has 3 nitrogen and oxygen atoms in total. The van der Waals surface area contributed by atoms with Crippen molar-refractivity contribution in [3.05, 3.63) is 29.8 Å². The molecule has 1 fully saturated rings. The Morgan fingerprint density at radius 2 is 2.00 bits per heavy atom. The third kappa shape index (κ3) is 3.97. The number of nitrogens with zero attached hydrogens (tertiary/aromatic N) is 1. The van der Waals surface area contributed by atoms with Crippen LogP contribution in [0.2, 0.25) is 0 Å². The van der Waals surface area contributed by atoms with E-state index in [0.717, 1.165) is 23.8 Å². The Hall–Kier alpha value is -1.06. The summed E-state index contributed by atoms with van der Waals surface area (Å²) in [4.78, 5) is 2.44. The van der Waals surface area contributed by atoms with E-state index in [0.29, 0.717) is 6.04 Å². The van der Waals surface area contributed by atoms with Crippen LogP contribution in [0.1, 0.15) is 44.2 Å². The van der Waals surface area contributed by atoms with Crippen LogP contribution in [-0.4, -0.2) is 31.6 Å². The molecule has 0 spiro atoms. The topological polar surface area (TPSA) is 38.5 Å². The highest BCUT2D eigenvalue weighted by Gasteiger charge is 2.23. The Kier molecular flexibility index (Phi) is 5.44. The van der Waals surface area contributed by atoms with Gasteiger partial charge in [-0.2, -0.15) is 0 Å². The molecule has 0 heterocycles. The molecule has 1 aliphatic carbocycles. The fourth-order valence-corrected chi connectivity index (χ4v) is 3.12. The van der Waals surface area contributed by atoms with Crippen LogP contribution in [-0.2, 0) is 0 Å². The van der Waals surface area contributed by atoms with Gasteiger partial charge in [-0.05, 0) is 56.3 Å². The molecule has 0 aromatic heterocycles. The molecule has 1 aliphatic rings. The fourth-order valence-electron chi connectivity index (χ4n) is 3.12. The minimum atomic E-state index is 0.0504. The summed E-state index contributed by atoms with van der Waals surface area (Å²) >= 11 is 0. The Bertz CT molecular complexity index is 413. The molecule has 1 aromatic rings. The smallest absolute Gasteiger partial charge is 0.119 e. The molecule has 20 heavy (non-hydrogen) atoms. The van der Waals surface area contributed by atoms with Crippen molar-refractivity contribution >= 4 is 0 Å². The largest absolute Gasteiger partial charge is 0.497 e. The lowest BCUT2D eigenvalue weighted by Gasteiger charge is -2.35. The molecule has 0 aliphatic heterocycles. The first-order chi connectivity index (χ1) is 9.60. The van der Waals surface area contributed by atoms with Crippen molar-refractivity contribution in [2.24, 2.45) is 11.7 Å². The van der Waals surface area contributed by atoms with Crippen molar-refractivity contribution in [3.63, 3.8) is 0 Å². The molecule has 0 radical (unpaired) electrons. The highest BCUT2D eigenvalue weighted by molar-refractivity contribution is 5.30. The van der Waals surface area contributed by atoms with Gasteiger partial charge in [0.2, 0.25) is 0 Å². The number of hydrogen-bond acceptors (Lipinski definition) is 3. The number of methoxy groups -OCH3 is 1. The van der Waals surface area contributed by atoms with Crippen LogP contribution in [0.15, 0.2) is 24.3 Å². The van der Waals surface area contributed by atoms with E-state index in [1.165, 1.54) is 25.7 Å². The second-order valence-corrected chi connectivity index (χ2v) is 6.24. The fraction of sp³-hybridized carbons (Fsp3) is 0.647. The third-order valence-corrected chi connectivity index (χ3v) is 4.62. The summed E-state index contributed by atoms with van der Waals surface area (Å²) in [5, 5.41) is 0. The van der Waals surface area contributed by atoms with Crippen LogP contribution in [0.25, 0.3) is 0 Å². The summed E-state index contributed by atoms with van der Waals surface area (Å²) < 4.78 is 5.27. The zero-order valence-electron chi connectivity index (χ0n) is 13.0. The van der Waals surface area contributed by atoms with Gasteiger partial charge in [-0.15, -0.1) is 0 Å². The lowest BCUT2D eigenvalue weighted by molar-refractivity contribution is 0.162. The van der Waals surface area contributed by atoms with E-state index in [9.17, 15) is 0 Å². The van der Waals surface area contributed by atoms with Crippen LogP contribution in [0.3, 0.4) is 0 Å². The van der Waals surface area contributed by atoms with Gasteiger partial charge in [0.1, 0.15) is 5.75 Å². The quantitative estimate of drug-likeness (QED) is 0.897. The average molecular weight is 276 g/mol. The van der Waals surface area contributed by atoms with E-state index in [-0.39, 0.29) is 6.04 Å². The first-order valence-electron chi connectivity index (χ1n) is 7.70. The normalized spacial score (nSPS) is 24.6. The Morgan fingerprint density at radius 3 is 2.65 bits per heavy atom. The number of benzene rings is 1. The van der Waals surface area contributed by atoms with E-state index in [2.05, 4.69) is 24.9 Å². The summed E-state index contributed by atoms with van der Waals surface area (Å²) in [5.41, 5.74) is 7.51. The van der Waals surface area contributed by atoms with Gasteiger partial charge in [0.05, 0.1) is 7.11 Å². The molecule has 1 aromatic carbocycles. The molecular formula is C17H28N2O. The molecule has 3 heteroatoms. The zero-order valence-corrected chi connectivity index (χ0v) is 13.0. The van der Waals surface area contributed by atoms with Crippen molar-refractivity contribution < 1.29 is 4.74 Å². The van der Waals surface area contributed by atoms with Gasteiger partial charge in [0.25, 0.3) is 0 Å². The SMILES string of the molecule is COc1cccc(C(N)CN(C)C2CCC(C)CC2)c1. The van der Waals surface area contributed by atoms with Crippen molar-refractivity contribution in [3.8, 4) is 5.75 Å². The molecule has 2 rings (SSSR count). The van der Waals surface area contributed by atoms with Crippen molar-refractivity contribution in [1.29, 1.82) is 0 Å². The van der Waals surface area contributed by atoms with Crippen molar-refractivity contribution in [2.75, 3.05) is 20.7 Å². The maximum absolute atomic E-state index is 6.36. The predicted octanol–water partition coefficient (Wildman–Crippen LogP) is 3.21. The predicted molar refractivity (Wildman–Crippen MR) is 84.0 cm³/mol. The van der Waals surface area contributed by atoms with Crippen molar-refractivity contribution in [1.82, 2.24) is 4.90 Å². The van der Waals surface area contributed by atoms with Gasteiger partial charge in [-0.3, -0.25) is 0 Å². The summed E-state index contributed by atoms with van der Waals surface area (Å²) in [6.07, 6.45) is 5.32. The van der Waals surface area contributed by atoms with E-state index >= 15 is 0 Å². The molecule has 112 valence electrons. The maximum atomic E-state index is 6.36. The van der Waals surface area contributed by atoms with Gasteiger partial charge in [-0.25, -0.2) is 0 Å². The molecule has 0 amide bonds. The van der Waals surface area contributed by atoms with Crippen LogP contribution in [0, 0.1) is 5.92 Å². The highest BCUT2D eigenvalue weighted by Crippen LogP contribution is 2.27. The highest BCUT2D eigenvalue weighted by atomic mass is 16.5. The molecule has 0 bridgehead atoms. The number of hydrogen-bond donors (Lipinski definition) is 1. The maximum Gasteiger partial charge on any atom is 0.119 e. The zero-order chi connectivity index (χ0) is 14.5. The number of likely N-dealkylation sites (N-methyl/N-ethyl adjacent to an activating group) is 1. The molecule has 1 unspecified atom stereocenters. The molecular weight excluding hydrogens is 248 g/mol. The van der Waals surface area contributed by atoms with Gasteiger partial charge in [0, 0.05) is 18.6 Å². The first kappa shape index (κ1) is 15.3. The lowest BCUT2D eigenvalue weighted by atomic mass is 9.86. The minimum absolute atomic E-state index is 0.0504. The van der Waals surface area contributed by atoms with Crippen LogP contribution in [0.5, 0.6) is 5.75 Å². The van der Waals surface area contributed by atoms with E-state index in [1.54, 1.807) is 7.11 Å². The standard InChI is InChI=1S/C17H28N2O/c1-13-7-9-15(10-8-13)19(2)12-17(18)14-5-4-6-16(11-14)20-3/h4-6,11,13,15,17H,7-10,12,18H2,1-3H3. The monoisotopic (exact) mass is 276 g/mol. The summed E-state index contributed by atoms with van der Waals surface area (Å²) in [6.45, 7) is 3.27. The molecule has 2 N–H and O–H groups in total. The van der Waals surface area contributed by atoms with Crippen LogP contribution >= 0.6 is 0 Å². The Balaban J connectivity index is 1.91. The van der Waals surface area contributed by atoms with E-state index in [1.807, 2.05) is 18.2 Å². The summed E-state index contributed by atoms with van der Waals surface area (Å²) in [7, 11) is 3.90. The van der Waals surface area contributed by atoms with E-state index < -0.39 is 0 Å². The number of ether oxygens (including phenoxy) is 1. The van der Waals surface area contributed by atoms with Crippen LogP contribution < -0.4 is 10.5 Å². The summed E-state index contributed by atoms with van der Waals surface area (Å²) in [6, 6.07) is 8.85. The Morgan fingerprint density at radius 1 is 1.30 bits per heavy atom. The molecule has 1 saturated carbocycles. The van der Waals surface area contributed by atoms with Gasteiger partial charge in [0.15, 0.2) is 0 Å². The van der Waals surface area contributed by atoms with Crippen molar-refractivity contribution in [2.45, 2.75) is 44.7 Å². The molecule has 0 saturated heterocycles. The first-order valence-corrected chi connectivity index (χ1v) is 7.70. The number of rotatable bonds is 5. The number of nitrogens with two attached hydrogens (primary N) is 1. The second-order valence-electron chi connectivity index (χ2n) is 6.24. The third-order valence-electron chi connectivity index (χ3n) is 4.62. The summed E-state index contributed by atoms with van der Waals surface area (Å²) in [5.74, 6) is 1.78. The molecule has 1 atom stereocenters. The minimum Gasteiger partial charge on any atom is -0.497 e. The lowest BCUT2D eigenvalue weighted by Crippen LogP contribution is -2.39.